The van der Waals surface area contributed by atoms with Gasteiger partial charge in [0, 0.05) is 31.5 Å². The van der Waals surface area contributed by atoms with Crippen LogP contribution < -0.4 is 5.32 Å². The van der Waals surface area contributed by atoms with Gasteiger partial charge in [-0.2, -0.15) is 0 Å². The Morgan fingerprint density at radius 3 is 2.54 bits per heavy atom. The lowest BCUT2D eigenvalue weighted by atomic mass is 9.93. The largest absolute Gasteiger partial charge is 0.343 e. The second kappa shape index (κ2) is 8.97. The number of hydrogen-bond acceptors (Lipinski definition) is 3. The van der Waals surface area contributed by atoms with E-state index >= 15 is 0 Å². The molecule has 1 aromatic rings. The van der Waals surface area contributed by atoms with Crippen molar-refractivity contribution in [1.82, 2.24) is 10.2 Å². The maximum Gasteiger partial charge on any atom is 0.223 e. The molecule has 0 saturated carbocycles. The number of nitrogens with one attached hydrogen (secondary N) is 1. The van der Waals surface area contributed by atoms with Crippen LogP contribution >= 0.6 is 0 Å². The summed E-state index contributed by atoms with van der Waals surface area (Å²) < 4.78 is 0. The van der Waals surface area contributed by atoms with Gasteiger partial charge in [0.05, 0.1) is 0 Å². The molecule has 1 N–H and O–H groups in total. The average Bonchev–Trinajstić information content (AvgIpc) is 2.60. The molecule has 132 valence electrons. The minimum Gasteiger partial charge on any atom is -0.343 e. The van der Waals surface area contributed by atoms with Crippen molar-refractivity contribution in [2.45, 2.75) is 46.0 Å². The number of rotatable bonds is 7. The first-order valence-electron chi connectivity index (χ1n) is 9.04. The molecule has 1 heterocycles. The average molecular weight is 330 g/mol. The fourth-order valence-corrected chi connectivity index (χ4v) is 3.37. The van der Waals surface area contributed by atoms with Gasteiger partial charge in [0.1, 0.15) is 0 Å². The molecule has 0 atom stereocenters. The topological polar surface area (TPSA) is 49.4 Å². The predicted molar refractivity (Wildman–Crippen MR) is 97.3 cm³/mol. The van der Waals surface area contributed by atoms with Crippen LogP contribution in [0.3, 0.4) is 0 Å². The Hall–Kier alpha value is -1.68. The van der Waals surface area contributed by atoms with Crippen LogP contribution in [0, 0.1) is 19.8 Å². The van der Waals surface area contributed by atoms with Gasteiger partial charge in [-0.1, -0.05) is 17.7 Å². The number of nitrogens with zero attached hydrogens (tertiary/aromatic N) is 1. The fourth-order valence-electron chi connectivity index (χ4n) is 3.37. The van der Waals surface area contributed by atoms with Crippen molar-refractivity contribution in [3.05, 3.63) is 34.9 Å². The molecule has 1 amide bonds. The summed E-state index contributed by atoms with van der Waals surface area (Å²) in [7, 11) is 1.98. The van der Waals surface area contributed by atoms with Gasteiger partial charge in [-0.25, -0.2) is 0 Å². The van der Waals surface area contributed by atoms with Crippen molar-refractivity contribution in [2.75, 3.05) is 26.7 Å². The molecule has 1 aromatic carbocycles. The first-order chi connectivity index (χ1) is 11.5. The van der Waals surface area contributed by atoms with Crippen LogP contribution in [0.25, 0.3) is 0 Å². The van der Waals surface area contributed by atoms with Crippen molar-refractivity contribution < 1.29 is 9.59 Å². The zero-order valence-electron chi connectivity index (χ0n) is 15.2. The summed E-state index contributed by atoms with van der Waals surface area (Å²) in [6, 6.07) is 5.91. The third kappa shape index (κ3) is 5.17. The molecule has 4 heteroatoms. The summed E-state index contributed by atoms with van der Waals surface area (Å²) in [5.74, 6) is 0.923. The Bertz CT molecular complexity index is 575. The van der Waals surface area contributed by atoms with Crippen LogP contribution in [0.1, 0.15) is 53.6 Å². The van der Waals surface area contributed by atoms with E-state index in [0.717, 1.165) is 55.1 Å². The van der Waals surface area contributed by atoms with Crippen LogP contribution in [0.2, 0.25) is 0 Å². The van der Waals surface area contributed by atoms with Crippen LogP contribution in [0.5, 0.6) is 0 Å². The summed E-state index contributed by atoms with van der Waals surface area (Å²) in [6.45, 7) is 6.66. The van der Waals surface area contributed by atoms with Crippen molar-refractivity contribution in [3.63, 3.8) is 0 Å². The Morgan fingerprint density at radius 1 is 1.17 bits per heavy atom. The van der Waals surface area contributed by atoms with Crippen molar-refractivity contribution in [1.29, 1.82) is 0 Å². The summed E-state index contributed by atoms with van der Waals surface area (Å²) in [5, 5.41) is 3.19. The molecule has 4 nitrogen and oxygen atoms in total. The van der Waals surface area contributed by atoms with Crippen LogP contribution in [0.4, 0.5) is 0 Å². The molecule has 1 aliphatic rings. The molecular weight excluding hydrogens is 300 g/mol. The lowest BCUT2D eigenvalue weighted by molar-refractivity contribution is -0.132. The van der Waals surface area contributed by atoms with Gasteiger partial charge < -0.3 is 10.2 Å². The normalized spacial score (nSPS) is 15.5. The molecule has 0 unspecified atom stereocenters. The predicted octanol–water partition coefficient (Wildman–Crippen LogP) is 3.11. The number of benzene rings is 1. The number of ketones is 1. The summed E-state index contributed by atoms with van der Waals surface area (Å²) >= 11 is 0. The smallest absolute Gasteiger partial charge is 0.223 e. The monoisotopic (exact) mass is 330 g/mol. The zero-order chi connectivity index (χ0) is 17.5. The molecule has 0 aromatic heterocycles. The van der Waals surface area contributed by atoms with Gasteiger partial charge >= 0.3 is 0 Å². The highest BCUT2D eigenvalue weighted by atomic mass is 16.2. The highest BCUT2D eigenvalue weighted by Crippen LogP contribution is 2.21. The molecular formula is C20H30N2O2. The quantitative estimate of drug-likeness (QED) is 0.782. The molecule has 0 spiro atoms. The van der Waals surface area contributed by atoms with Gasteiger partial charge in [0.2, 0.25) is 5.91 Å². The Labute approximate surface area is 145 Å². The number of hydrogen-bond donors (Lipinski definition) is 1. The van der Waals surface area contributed by atoms with E-state index in [1.165, 1.54) is 6.42 Å². The second-order valence-electron chi connectivity index (χ2n) is 6.96. The first-order valence-corrected chi connectivity index (χ1v) is 9.04. The number of carbonyl (C=O) groups excluding carboxylic acids is 2. The van der Waals surface area contributed by atoms with Gasteiger partial charge in [-0.15, -0.1) is 0 Å². The molecule has 1 aliphatic heterocycles. The van der Waals surface area contributed by atoms with Crippen molar-refractivity contribution in [2.24, 2.45) is 5.92 Å². The standard InChI is InChI=1S/C20H30N2O2/c1-15-4-5-16(2)18(14-15)19(23)6-7-20(24)22-12-9-17(10-13-22)8-11-21-3/h4-5,14,17,21H,6-13H2,1-3H3. The van der Waals surface area contributed by atoms with E-state index in [-0.39, 0.29) is 11.7 Å². The Kier molecular flexibility index (Phi) is 6.98. The number of aryl methyl sites for hydroxylation is 2. The van der Waals surface area contributed by atoms with Crippen LogP contribution in [0.15, 0.2) is 18.2 Å². The minimum absolute atomic E-state index is 0.0773. The maximum absolute atomic E-state index is 12.4. The molecule has 1 saturated heterocycles. The SMILES string of the molecule is CNCCC1CCN(C(=O)CCC(=O)c2cc(C)ccc2C)CC1. The number of amides is 1. The van der Waals surface area contributed by atoms with E-state index in [0.29, 0.717) is 12.8 Å². The molecule has 1 fully saturated rings. The van der Waals surface area contributed by atoms with Crippen LogP contribution in [-0.2, 0) is 4.79 Å². The number of piperidine rings is 1. The lowest BCUT2D eigenvalue weighted by Crippen LogP contribution is -2.39. The van der Waals surface area contributed by atoms with Crippen LogP contribution in [-0.4, -0.2) is 43.3 Å². The van der Waals surface area contributed by atoms with Crippen molar-refractivity contribution in [3.8, 4) is 0 Å². The van der Waals surface area contributed by atoms with Gasteiger partial charge in [0.15, 0.2) is 5.78 Å². The van der Waals surface area contributed by atoms with E-state index < -0.39 is 0 Å². The Balaban J connectivity index is 1.79. The van der Waals surface area contributed by atoms with E-state index in [2.05, 4.69) is 5.32 Å². The number of carbonyl (C=O) groups is 2. The van der Waals surface area contributed by atoms with Crippen molar-refractivity contribution >= 4 is 11.7 Å². The minimum atomic E-state index is 0.0773. The summed E-state index contributed by atoms with van der Waals surface area (Å²) in [5.41, 5.74) is 2.83. The molecule has 24 heavy (non-hydrogen) atoms. The molecule has 2 rings (SSSR count). The number of likely N-dealkylation sites (tertiary alicyclic amines) is 1. The second-order valence-corrected chi connectivity index (χ2v) is 6.96. The zero-order valence-corrected chi connectivity index (χ0v) is 15.2. The van der Waals surface area contributed by atoms with Gasteiger partial charge in [0.25, 0.3) is 0 Å². The highest BCUT2D eigenvalue weighted by molar-refractivity contribution is 5.99. The third-order valence-electron chi connectivity index (χ3n) is 5.03. The van der Waals surface area contributed by atoms with Gasteiger partial charge in [-0.05, 0) is 64.3 Å². The summed E-state index contributed by atoms with van der Waals surface area (Å²) in [6.07, 6.45) is 3.98. The number of Topliss-reactive ketones (excluding diaryl/α,β-unsaturated/α-hetero) is 1. The fraction of sp³-hybridized carbons (Fsp3) is 0.600. The Morgan fingerprint density at radius 2 is 1.88 bits per heavy atom. The first kappa shape index (κ1) is 18.7. The highest BCUT2D eigenvalue weighted by Gasteiger charge is 2.23. The van der Waals surface area contributed by atoms with E-state index in [4.69, 9.17) is 0 Å². The summed E-state index contributed by atoms with van der Waals surface area (Å²) in [4.78, 5) is 26.7. The molecule has 0 aliphatic carbocycles. The lowest BCUT2D eigenvalue weighted by Gasteiger charge is -2.32. The third-order valence-corrected chi connectivity index (χ3v) is 5.03. The maximum atomic E-state index is 12.4. The van der Waals surface area contributed by atoms with Gasteiger partial charge in [-0.3, -0.25) is 9.59 Å². The van der Waals surface area contributed by atoms with E-state index in [1.807, 2.05) is 44.0 Å². The molecule has 0 radical (unpaired) electrons. The van der Waals surface area contributed by atoms with E-state index in [9.17, 15) is 9.59 Å². The van der Waals surface area contributed by atoms with E-state index in [1.54, 1.807) is 0 Å². The molecule has 0 bridgehead atoms.